The number of aryl methyl sites for hydroxylation is 1. The van der Waals surface area contributed by atoms with Gasteiger partial charge in [-0.15, -0.1) is 0 Å². The molecule has 0 spiro atoms. The molecule has 62 valence electrons. The highest BCUT2D eigenvalue weighted by Gasteiger charge is 2.26. The maximum Gasteiger partial charge on any atom is 0.00364 e. The molecule has 0 saturated carbocycles. The Hall–Kier alpha value is -1.04. The molecular formula is C12H14. The fourth-order valence-electron chi connectivity index (χ4n) is 1.37. The van der Waals surface area contributed by atoms with Crippen LogP contribution in [0.15, 0.2) is 42.5 Å². The summed E-state index contributed by atoms with van der Waals surface area (Å²) in [6.07, 6.45) is 7.03. The van der Waals surface area contributed by atoms with E-state index in [-0.39, 0.29) is 0 Å². The number of hydrogen-bond donors (Lipinski definition) is 0. The molecule has 0 fully saturated rings. The molecule has 0 saturated heterocycles. The molecule has 0 N–H and O–H groups in total. The molecule has 0 radical (unpaired) electrons. The molecule has 0 bridgehead atoms. The second kappa shape index (κ2) is 2.78. The van der Waals surface area contributed by atoms with Crippen LogP contribution < -0.4 is 0 Å². The lowest BCUT2D eigenvalue weighted by Crippen LogP contribution is -1.97. The van der Waals surface area contributed by atoms with E-state index in [0.717, 1.165) is 0 Å². The summed E-state index contributed by atoms with van der Waals surface area (Å²) in [5.74, 6) is 0. The first-order valence-electron chi connectivity index (χ1n) is 4.53. The zero-order valence-electron chi connectivity index (χ0n) is 7.46. The van der Waals surface area contributed by atoms with Crippen LogP contribution in [0.25, 0.3) is 0 Å². The van der Waals surface area contributed by atoms with E-state index in [2.05, 4.69) is 49.4 Å². The average Bonchev–Trinajstić information content (AvgIpc) is 2.84. The number of benzene rings is 1. The van der Waals surface area contributed by atoms with E-state index in [1.54, 1.807) is 0 Å². The number of rotatable bonds is 3. The molecule has 1 aromatic rings. The van der Waals surface area contributed by atoms with Crippen molar-refractivity contribution in [1.29, 1.82) is 0 Å². The summed E-state index contributed by atoms with van der Waals surface area (Å²) in [4.78, 5) is 0. The summed E-state index contributed by atoms with van der Waals surface area (Å²) in [6, 6.07) is 10.7. The fraction of sp³-hybridized carbons (Fsp3) is 0.333. The third-order valence-corrected chi connectivity index (χ3v) is 2.53. The van der Waals surface area contributed by atoms with Crippen LogP contribution >= 0.6 is 0 Å². The molecule has 1 aliphatic carbocycles. The van der Waals surface area contributed by atoms with Crippen molar-refractivity contribution in [2.75, 3.05) is 0 Å². The van der Waals surface area contributed by atoms with Gasteiger partial charge in [-0.05, 0) is 18.4 Å². The first-order valence-corrected chi connectivity index (χ1v) is 4.53. The zero-order chi connectivity index (χ0) is 8.44. The van der Waals surface area contributed by atoms with Crippen LogP contribution in [0.4, 0.5) is 0 Å². The van der Waals surface area contributed by atoms with E-state index >= 15 is 0 Å². The predicted molar refractivity (Wildman–Crippen MR) is 52.0 cm³/mol. The third-order valence-electron chi connectivity index (χ3n) is 2.53. The van der Waals surface area contributed by atoms with Crippen molar-refractivity contribution < 1.29 is 0 Å². The van der Waals surface area contributed by atoms with Crippen LogP contribution in [0, 0.1) is 5.41 Å². The van der Waals surface area contributed by atoms with Gasteiger partial charge >= 0.3 is 0 Å². The Morgan fingerprint density at radius 2 is 1.75 bits per heavy atom. The molecule has 0 heteroatoms. The summed E-state index contributed by atoms with van der Waals surface area (Å²) >= 11 is 0. The second-order valence-corrected chi connectivity index (χ2v) is 3.82. The van der Waals surface area contributed by atoms with Crippen molar-refractivity contribution in [3.63, 3.8) is 0 Å². The minimum atomic E-state index is 0.454. The molecule has 12 heavy (non-hydrogen) atoms. The molecule has 0 heterocycles. The van der Waals surface area contributed by atoms with Crippen LogP contribution in [0.5, 0.6) is 0 Å². The number of allylic oxidation sites excluding steroid dienone is 2. The first kappa shape index (κ1) is 7.60. The molecule has 0 aliphatic heterocycles. The van der Waals surface area contributed by atoms with E-state index in [1.807, 2.05) is 0 Å². The van der Waals surface area contributed by atoms with Crippen molar-refractivity contribution in [1.82, 2.24) is 0 Å². The van der Waals surface area contributed by atoms with E-state index in [4.69, 9.17) is 0 Å². The van der Waals surface area contributed by atoms with Crippen molar-refractivity contribution in [3.8, 4) is 0 Å². The molecule has 0 unspecified atom stereocenters. The van der Waals surface area contributed by atoms with Gasteiger partial charge in [0.25, 0.3) is 0 Å². The lowest BCUT2D eigenvalue weighted by atomic mass is 9.97. The van der Waals surface area contributed by atoms with E-state index in [1.165, 1.54) is 18.4 Å². The molecule has 1 aromatic carbocycles. The van der Waals surface area contributed by atoms with Gasteiger partial charge in [0.2, 0.25) is 0 Å². The summed E-state index contributed by atoms with van der Waals surface area (Å²) in [5, 5.41) is 0. The van der Waals surface area contributed by atoms with Crippen LogP contribution in [-0.4, -0.2) is 0 Å². The number of hydrogen-bond acceptors (Lipinski definition) is 0. The van der Waals surface area contributed by atoms with Gasteiger partial charge in [0.05, 0.1) is 0 Å². The van der Waals surface area contributed by atoms with Gasteiger partial charge in [-0.25, -0.2) is 0 Å². The van der Waals surface area contributed by atoms with Crippen LogP contribution in [0.1, 0.15) is 18.9 Å². The van der Waals surface area contributed by atoms with E-state index in [0.29, 0.717) is 5.41 Å². The highest BCUT2D eigenvalue weighted by molar-refractivity contribution is 5.25. The maximum atomic E-state index is 2.29. The molecule has 0 nitrogen and oxygen atoms in total. The Morgan fingerprint density at radius 3 is 2.33 bits per heavy atom. The molecule has 0 atom stereocenters. The summed E-state index contributed by atoms with van der Waals surface area (Å²) < 4.78 is 0. The zero-order valence-corrected chi connectivity index (χ0v) is 7.46. The van der Waals surface area contributed by atoms with Gasteiger partial charge in [-0.2, -0.15) is 0 Å². The Balaban J connectivity index is 1.88. The lowest BCUT2D eigenvalue weighted by molar-refractivity contribution is 0.575. The highest BCUT2D eigenvalue weighted by atomic mass is 14.3. The average molecular weight is 158 g/mol. The molecule has 2 rings (SSSR count). The Bertz CT molecular complexity index is 276. The normalized spacial score (nSPS) is 17.8. The van der Waals surface area contributed by atoms with Gasteiger partial charge in [0, 0.05) is 5.41 Å². The van der Waals surface area contributed by atoms with E-state index in [9.17, 15) is 0 Å². The van der Waals surface area contributed by atoms with Crippen LogP contribution in [0.3, 0.4) is 0 Å². The minimum absolute atomic E-state index is 0.454. The molecule has 1 aliphatic rings. The van der Waals surface area contributed by atoms with Gasteiger partial charge in [-0.3, -0.25) is 0 Å². The van der Waals surface area contributed by atoms with Crippen molar-refractivity contribution >= 4 is 0 Å². The highest BCUT2D eigenvalue weighted by Crippen LogP contribution is 2.38. The molecular weight excluding hydrogens is 144 g/mol. The Labute approximate surface area is 73.9 Å². The first-order chi connectivity index (χ1) is 5.79. The lowest BCUT2D eigenvalue weighted by Gasteiger charge is -2.07. The quantitative estimate of drug-likeness (QED) is 0.592. The molecule has 0 aromatic heterocycles. The van der Waals surface area contributed by atoms with Crippen LogP contribution in [-0.2, 0) is 6.42 Å². The van der Waals surface area contributed by atoms with Gasteiger partial charge in [0.1, 0.15) is 0 Å². The topological polar surface area (TPSA) is 0 Å². The Morgan fingerprint density at radius 1 is 1.08 bits per heavy atom. The van der Waals surface area contributed by atoms with Gasteiger partial charge in [-0.1, -0.05) is 49.4 Å². The van der Waals surface area contributed by atoms with Crippen LogP contribution in [0.2, 0.25) is 0 Å². The SMILES string of the molecule is CC1(CCc2ccccc2)C=C1. The molecule has 0 amide bonds. The largest absolute Gasteiger partial charge is 0.0780 e. The maximum absolute atomic E-state index is 2.29. The standard InChI is InChI=1S/C12H14/c1-12(9-10-12)8-7-11-5-3-2-4-6-11/h2-6,9-10H,7-8H2,1H3. The smallest absolute Gasteiger partial charge is 0.00364 e. The second-order valence-electron chi connectivity index (χ2n) is 3.82. The summed E-state index contributed by atoms with van der Waals surface area (Å²) in [6.45, 7) is 2.29. The van der Waals surface area contributed by atoms with Crippen molar-refractivity contribution in [2.45, 2.75) is 19.8 Å². The predicted octanol–water partition coefficient (Wildman–Crippen LogP) is 3.20. The monoisotopic (exact) mass is 158 g/mol. The van der Waals surface area contributed by atoms with Gasteiger partial charge in [0.15, 0.2) is 0 Å². The van der Waals surface area contributed by atoms with Crippen molar-refractivity contribution in [3.05, 3.63) is 48.0 Å². The summed E-state index contributed by atoms with van der Waals surface area (Å²) in [7, 11) is 0. The minimum Gasteiger partial charge on any atom is -0.0780 e. The third kappa shape index (κ3) is 1.76. The fourth-order valence-corrected chi connectivity index (χ4v) is 1.37. The van der Waals surface area contributed by atoms with Crippen molar-refractivity contribution in [2.24, 2.45) is 5.41 Å². The summed E-state index contributed by atoms with van der Waals surface area (Å²) in [5.41, 5.74) is 1.91. The Kier molecular flexibility index (Phi) is 1.76. The van der Waals surface area contributed by atoms with E-state index < -0.39 is 0 Å². The van der Waals surface area contributed by atoms with Gasteiger partial charge < -0.3 is 0 Å².